The minimum absolute atomic E-state index is 0.714. The van der Waals surface area contributed by atoms with Gasteiger partial charge in [0.25, 0.3) is 0 Å². The predicted molar refractivity (Wildman–Crippen MR) is 77.1 cm³/mol. The van der Waals surface area contributed by atoms with Gasteiger partial charge in [0.2, 0.25) is 0 Å². The summed E-state index contributed by atoms with van der Waals surface area (Å²) in [5.74, 6) is 2.49. The Morgan fingerprint density at radius 1 is 1.37 bits per heavy atom. The van der Waals surface area contributed by atoms with E-state index in [4.69, 9.17) is 12.2 Å². The van der Waals surface area contributed by atoms with Gasteiger partial charge in [0, 0.05) is 24.5 Å². The number of rotatable bonds is 3. The van der Waals surface area contributed by atoms with E-state index in [9.17, 15) is 0 Å². The number of H-pyrrole nitrogens is 1. The Morgan fingerprint density at radius 2 is 2.16 bits per heavy atom. The maximum absolute atomic E-state index is 5.37. The first-order valence-electron chi connectivity index (χ1n) is 6.79. The van der Waals surface area contributed by atoms with E-state index in [2.05, 4.69) is 26.7 Å². The van der Waals surface area contributed by atoms with Gasteiger partial charge in [-0.1, -0.05) is 13.3 Å². The molecule has 0 radical (unpaired) electrons. The van der Waals surface area contributed by atoms with Crippen LogP contribution < -0.4 is 0 Å². The Morgan fingerprint density at radius 3 is 2.84 bits per heavy atom. The summed E-state index contributed by atoms with van der Waals surface area (Å²) in [5.41, 5.74) is 1.06. The van der Waals surface area contributed by atoms with E-state index in [-0.39, 0.29) is 0 Å². The fourth-order valence-electron chi connectivity index (χ4n) is 2.96. The Hall–Kier alpha value is -1.49. The van der Waals surface area contributed by atoms with E-state index >= 15 is 0 Å². The van der Waals surface area contributed by atoms with Gasteiger partial charge < -0.3 is 0 Å². The first kappa shape index (κ1) is 12.5. The summed E-state index contributed by atoms with van der Waals surface area (Å²) in [6, 6.07) is 3.94. The van der Waals surface area contributed by atoms with Crippen molar-refractivity contribution in [1.29, 1.82) is 0 Å². The lowest BCUT2D eigenvalue weighted by molar-refractivity contribution is 0.440. The lowest BCUT2D eigenvalue weighted by Crippen LogP contribution is -2.09. The molecule has 0 spiro atoms. The van der Waals surface area contributed by atoms with Gasteiger partial charge in [-0.3, -0.25) is 14.6 Å². The van der Waals surface area contributed by atoms with Gasteiger partial charge in [0.1, 0.15) is 0 Å². The molecule has 5 heteroatoms. The lowest BCUT2D eigenvalue weighted by atomic mass is 10.1. The van der Waals surface area contributed by atoms with Crippen molar-refractivity contribution in [1.82, 2.24) is 19.7 Å². The van der Waals surface area contributed by atoms with Crippen LogP contribution in [-0.4, -0.2) is 19.7 Å². The summed E-state index contributed by atoms with van der Waals surface area (Å²) in [7, 11) is 0. The first-order valence-corrected chi connectivity index (χ1v) is 7.20. The summed E-state index contributed by atoms with van der Waals surface area (Å²) in [4.78, 5) is 4.05. The van der Waals surface area contributed by atoms with Crippen molar-refractivity contribution in [3.05, 3.63) is 29.3 Å². The van der Waals surface area contributed by atoms with Crippen LogP contribution in [0.2, 0.25) is 0 Å². The molecule has 1 aliphatic rings. The van der Waals surface area contributed by atoms with E-state index in [1.54, 1.807) is 12.4 Å². The second kappa shape index (κ2) is 5.25. The Labute approximate surface area is 117 Å². The molecule has 4 nitrogen and oxygen atoms in total. The quantitative estimate of drug-likeness (QED) is 0.872. The molecular weight excluding hydrogens is 256 g/mol. The van der Waals surface area contributed by atoms with Gasteiger partial charge >= 0.3 is 0 Å². The monoisotopic (exact) mass is 274 g/mol. The van der Waals surface area contributed by atoms with Crippen molar-refractivity contribution in [3.63, 3.8) is 0 Å². The number of pyridine rings is 1. The summed E-state index contributed by atoms with van der Waals surface area (Å²) >= 11 is 5.37. The van der Waals surface area contributed by atoms with Crippen LogP contribution in [-0.2, 0) is 6.54 Å². The average molecular weight is 274 g/mol. The summed E-state index contributed by atoms with van der Waals surface area (Å²) < 4.78 is 2.85. The number of hydrogen-bond acceptors (Lipinski definition) is 3. The largest absolute Gasteiger partial charge is 0.300 e. The number of nitrogens with zero attached hydrogens (tertiary/aromatic N) is 3. The second-order valence-electron chi connectivity index (χ2n) is 5.48. The first-order chi connectivity index (χ1) is 9.24. The van der Waals surface area contributed by atoms with Crippen LogP contribution in [0.15, 0.2) is 24.5 Å². The molecule has 0 aliphatic heterocycles. The predicted octanol–water partition coefficient (Wildman–Crippen LogP) is 3.44. The summed E-state index contributed by atoms with van der Waals surface area (Å²) in [5, 5.41) is 7.28. The zero-order valence-corrected chi connectivity index (χ0v) is 11.9. The van der Waals surface area contributed by atoms with Crippen LogP contribution in [0.25, 0.3) is 11.4 Å². The molecule has 0 saturated heterocycles. The number of aromatic nitrogens is 4. The van der Waals surface area contributed by atoms with Crippen LogP contribution in [0.1, 0.15) is 26.2 Å². The van der Waals surface area contributed by atoms with Crippen molar-refractivity contribution in [2.75, 3.05) is 0 Å². The van der Waals surface area contributed by atoms with E-state index in [1.807, 2.05) is 12.1 Å². The molecular formula is C14H18N4S. The number of nitrogens with one attached hydrogen (secondary N) is 1. The van der Waals surface area contributed by atoms with Gasteiger partial charge in [-0.15, -0.1) is 0 Å². The molecule has 2 heterocycles. The van der Waals surface area contributed by atoms with Gasteiger partial charge in [-0.25, -0.2) is 0 Å². The van der Waals surface area contributed by atoms with Crippen LogP contribution in [0.3, 0.4) is 0 Å². The van der Waals surface area contributed by atoms with Crippen LogP contribution >= 0.6 is 12.2 Å². The third-order valence-corrected chi connectivity index (χ3v) is 4.25. The molecule has 2 unspecified atom stereocenters. The Balaban J connectivity index is 1.89. The zero-order valence-electron chi connectivity index (χ0n) is 11.0. The number of aromatic amines is 1. The van der Waals surface area contributed by atoms with Crippen LogP contribution in [0.5, 0.6) is 0 Å². The molecule has 1 fully saturated rings. The van der Waals surface area contributed by atoms with Gasteiger partial charge in [-0.2, -0.15) is 5.10 Å². The van der Waals surface area contributed by atoms with E-state index < -0.39 is 0 Å². The molecule has 19 heavy (non-hydrogen) atoms. The summed E-state index contributed by atoms with van der Waals surface area (Å²) in [6.07, 6.45) is 7.50. The second-order valence-corrected chi connectivity index (χ2v) is 5.87. The van der Waals surface area contributed by atoms with E-state index in [0.29, 0.717) is 4.77 Å². The SMILES string of the molecule is CC1CCC(Cn2c(-c3ccncc3)n[nH]c2=S)C1. The standard InChI is InChI=1S/C14H18N4S/c1-10-2-3-11(8-10)9-18-13(16-17-14(18)19)12-4-6-15-7-5-12/h4-7,10-11H,2-3,8-9H2,1H3,(H,17,19). The highest BCUT2D eigenvalue weighted by atomic mass is 32.1. The van der Waals surface area contributed by atoms with Crippen molar-refractivity contribution in [2.45, 2.75) is 32.7 Å². The molecule has 1 N–H and O–H groups in total. The third-order valence-electron chi connectivity index (χ3n) is 3.94. The van der Waals surface area contributed by atoms with Gasteiger partial charge in [0.05, 0.1) is 0 Å². The molecule has 0 amide bonds. The van der Waals surface area contributed by atoms with Gasteiger partial charge in [-0.05, 0) is 49.0 Å². The normalized spacial score (nSPS) is 22.8. The average Bonchev–Trinajstić information content (AvgIpc) is 2.99. The maximum Gasteiger partial charge on any atom is 0.195 e. The van der Waals surface area contributed by atoms with E-state index in [1.165, 1.54) is 19.3 Å². The molecule has 2 aromatic heterocycles. The highest BCUT2D eigenvalue weighted by Crippen LogP contribution is 2.32. The lowest BCUT2D eigenvalue weighted by Gasteiger charge is -2.12. The van der Waals surface area contributed by atoms with Crippen molar-refractivity contribution < 1.29 is 0 Å². The van der Waals surface area contributed by atoms with Gasteiger partial charge in [0.15, 0.2) is 10.6 Å². The van der Waals surface area contributed by atoms with Crippen LogP contribution in [0, 0.1) is 16.6 Å². The smallest absolute Gasteiger partial charge is 0.195 e. The summed E-state index contributed by atoms with van der Waals surface area (Å²) in [6.45, 7) is 3.30. The van der Waals surface area contributed by atoms with Crippen molar-refractivity contribution in [3.8, 4) is 11.4 Å². The number of hydrogen-bond donors (Lipinski definition) is 1. The molecule has 1 aliphatic carbocycles. The zero-order chi connectivity index (χ0) is 13.2. The molecule has 2 atom stereocenters. The minimum atomic E-state index is 0.714. The Bertz CT molecular complexity index is 601. The molecule has 1 saturated carbocycles. The van der Waals surface area contributed by atoms with E-state index in [0.717, 1.165) is 29.8 Å². The van der Waals surface area contributed by atoms with Crippen molar-refractivity contribution in [2.24, 2.45) is 11.8 Å². The molecule has 100 valence electrons. The topological polar surface area (TPSA) is 46.5 Å². The highest BCUT2D eigenvalue weighted by molar-refractivity contribution is 7.71. The minimum Gasteiger partial charge on any atom is -0.300 e. The molecule has 3 rings (SSSR count). The molecule has 0 aromatic carbocycles. The molecule has 2 aromatic rings. The fourth-order valence-corrected chi connectivity index (χ4v) is 3.16. The Kier molecular flexibility index (Phi) is 3.46. The third kappa shape index (κ3) is 2.61. The highest BCUT2D eigenvalue weighted by Gasteiger charge is 2.23. The fraction of sp³-hybridized carbons (Fsp3) is 0.500. The van der Waals surface area contributed by atoms with Crippen LogP contribution in [0.4, 0.5) is 0 Å². The molecule has 0 bridgehead atoms. The maximum atomic E-state index is 5.37. The van der Waals surface area contributed by atoms with Crippen molar-refractivity contribution >= 4 is 12.2 Å².